The summed E-state index contributed by atoms with van der Waals surface area (Å²) in [4.78, 5) is 4.94. The molecule has 1 heterocycles. The fraction of sp³-hybridized carbons (Fsp3) is 0.562. The normalized spacial score (nSPS) is 28.8. The lowest BCUT2D eigenvalue weighted by molar-refractivity contribution is 0.273. The van der Waals surface area contributed by atoms with Crippen molar-refractivity contribution in [2.24, 2.45) is 10.9 Å². The van der Waals surface area contributed by atoms with Crippen molar-refractivity contribution in [2.75, 3.05) is 11.1 Å². The maximum absolute atomic E-state index is 13.7. The van der Waals surface area contributed by atoms with Crippen LogP contribution in [0.2, 0.25) is 0 Å². The van der Waals surface area contributed by atoms with Crippen LogP contribution in [0.25, 0.3) is 0 Å². The highest BCUT2D eigenvalue weighted by Gasteiger charge is 2.38. The molecular weight excluding hydrogens is 351 g/mol. The van der Waals surface area contributed by atoms with Crippen molar-refractivity contribution < 1.29 is 4.39 Å². The van der Waals surface area contributed by atoms with Crippen LogP contribution in [-0.2, 0) is 0 Å². The molecular formula is C16H20BrFN2S. The second kappa shape index (κ2) is 5.92. The Labute approximate surface area is 138 Å². The van der Waals surface area contributed by atoms with Gasteiger partial charge in [0.05, 0.1) is 10.0 Å². The molecule has 1 fully saturated rings. The van der Waals surface area contributed by atoms with Gasteiger partial charge in [0.25, 0.3) is 0 Å². The van der Waals surface area contributed by atoms with Crippen LogP contribution in [0.1, 0.15) is 38.2 Å². The average Bonchev–Trinajstić information content (AvgIpc) is 2.83. The van der Waals surface area contributed by atoms with Gasteiger partial charge in [0.15, 0.2) is 5.17 Å². The average molecular weight is 371 g/mol. The molecule has 2 nitrogen and oxygen atoms in total. The summed E-state index contributed by atoms with van der Waals surface area (Å²) in [6.45, 7) is 4.30. The summed E-state index contributed by atoms with van der Waals surface area (Å²) in [6, 6.07) is 3.34. The molecule has 0 saturated heterocycles. The van der Waals surface area contributed by atoms with Crippen molar-refractivity contribution in [2.45, 2.75) is 45.1 Å². The van der Waals surface area contributed by atoms with Gasteiger partial charge in [0.1, 0.15) is 5.82 Å². The van der Waals surface area contributed by atoms with Gasteiger partial charge in [-0.3, -0.25) is 4.99 Å². The maximum atomic E-state index is 13.7. The minimum Gasteiger partial charge on any atom is -0.335 e. The molecule has 1 saturated carbocycles. The van der Waals surface area contributed by atoms with Crippen molar-refractivity contribution in [1.82, 2.24) is 0 Å². The second-order valence-electron chi connectivity index (χ2n) is 6.32. The number of benzene rings is 1. The zero-order valence-electron chi connectivity index (χ0n) is 12.4. The molecule has 1 spiro atoms. The first-order valence-electron chi connectivity index (χ1n) is 7.43. The smallest absolute Gasteiger partial charge is 0.161 e. The van der Waals surface area contributed by atoms with Crippen molar-refractivity contribution in [1.29, 1.82) is 0 Å². The van der Waals surface area contributed by atoms with E-state index in [1.54, 1.807) is 17.8 Å². The Kier molecular flexibility index (Phi) is 4.33. The molecule has 1 N–H and O–H groups in total. The molecule has 1 aliphatic heterocycles. The number of rotatable bonds is 1. The fourth-order valence-corrected chi connectivity index (χ4v) is 4.66. The third-order valence-electron chi connectivity index (χ3n) is 4.53. The third-order valence-corrected chi connectivity index (χ3v) is 6.29. The van der Waals surface area contributed by atoms with Crippen LogP contribution in [0.5, 0.6) is 0 Å². The number of aliphatic imine (C=N–C) groups is 1. The van der Waals surface area contributed by atoms with Gasteiger partial charge in [-0.2, -0.15) is 0 Å². The number of hydrogen-bond donors (Lipinski definition) is 1. The molecule has 3 rings (SSSR count). The molecule has 5 heteroatoms. The Morgan fingerprint density at radius 2 is 2.10 bits per heavy atom. The van der Waals surface area contributed by atoms with E-state index in [0.717, 1.165) is 28.1 Å². The second-order valence-corrected chi connectivity index (χ2v) is 8.14. The first kappa shape index (κ1) is 15.3. The van der Waals surface area contributed by atoms with E-state index < -0.39 is 0 Å². The van der Waals surface area contributed by atoms with E-state index in [9.17, 15) is 4.39 Å². The first-order chi connectivity index (χ1) is 9.97. The number of nitrogens with one attached hydrogen (secondary N) is 1. The summed E-state index contributed by atoms with van der Waals surface area (Å²) >= 11 is 4.98. The summed E-state index contributed by atoms with van der Waals surface area (Å²) in [7, 11) is 0. The Bertz CT molecular complexity index is 580. The molecule has 1 aromatic carbocycles. The Morgan fingerprint density at radius 3 is 2.81 bits per heavy atom. The van der Waals surface area contributed by atoms with Gasteiger partial charge in [0.2, 0.25) is 0 Å². The molecule has 1 aromatic rings. The van der Waals surface area contributed by atoms with Crippen LogP contribution in [0.3, 0.4) is 0 Å². The number of nitrogens with zero attached hydrogens (tertiary/aromatic N) is 1. The van der Waals surface area contributed by atoms with E-state index in [1.165, 1.54) is 31.7 Å². The van der Waals surface area contributed by atoms with E-state index in [0.29, 0.717) is 4.47 Å². The van der Waals surface area contributed by atoms with Gasteiger partial charge in [-0.15, -0.1) is 0 Å². The van der Waals surface area contributed by atoms with E-state index in [1.807, 2.05) is 6.92 Å². The predicted molar refractivity (Wildman–Crippen MR) is 92.7 cm³/mol. The number of hydrogen-bond acceptors (Lipinski definition) is 3. The van der Waals surface area contributed by atoms with Crippen LogP contribution in [0, 0.1) is 18.7 Å². The van der Waals surface area contributed by atoms with Gasteiger partial charge >= 0.3 is 0 Å². The molecule has 0 bridgehead atoms. The quantitative estimate of drug-likeness (QED) is 0.719. The predicted octanol–water partition coefficient (Wildman–Crippen LogP) is 5.36. The van der Waals surface area contributed by atoms with E-state index in [2.05, 4.69) is 28.2 Å². The zero-order valence-corrected chi connectivity index (χ0v) is 14.8. The van der Waals surface area contributed by atoms with Gasteiger partial charge in [-0.25, -0.2) is 4.39 Å². The van der Waals surface area contributed by atoms with Crippen molar-refractivity contribution in [3.63, 3.8) is 0 Å². The summed E-state index contributed by atoms with van der Waals surface area (Å²) in [6.07, 6.45) is 4.90. The standard InChI is InChI=1S/C16H20BrFN2S/c1-10-3-5-16(6-4-10)9-21-15(20-16)19-14-8-13(18)12(17)7-11(14)2/h7-8,10H,3-6,9H2,1-2H3,(H,19,20). The monoisotopic (exact) mass is 370 g/mol. The van der Waals surface area contributed by atoms with Crippen molar-refractivity contribution in [3.05, 3.63) is 28.0 Å². The maximum Gasteiger partial charge on any atom is 0.161 e. The lowest BCUT2D eigenvalue weighted by Gasteiger charge is -2.32. The number of thioether (sulfide) groups is 1. The molecule has 0 unspecified atom stereocenters. The van der Waals surface area contributed by atoms with Gasteiger partial charge in [0, 0.05) is 11.4 Å². The number of amidine groups is 1. The first-order valence-corrected chi connectivity index (χ1v) is 9.21. The van der Waals surface area contributed by atoms with E-state index in [4.69, 9.17) is 4.99 Å². The lowest BCUT2D eigenvalue weighted by atomic mass is 9.79. The van der Waals surface area contributed by atoms with Gasteiger partial charge in [-0.05, 0) is 72.2 Å². The van der Waals surface area contributed by atoms with Crippen molar-refractivity contribution in [3.8, 4) is 0 Å². The summed E-state index contributed by atoms with van der Waals surface area (Å²) in [5.74, 6) is 1.64. The fourth-order valence-electron chi connectivity index (χ4n) is 3.00. The van der Waals surface area contributed by atoms with Gasteiger partial charge < -0.3 is 5.32 Å². The minimum absolute atomic E-state index is 0.126. The largest absolute Gasteiger partial charge is 0.335 e. The lowest BCUT2D eigenvalue weighted by Crippen LogP contribution is -2.32. The van der Waals surface area contributed by atoms with Crippen LogP contribution >= 0.6 is 27.7 Å². The third kappa shape index (κ3) is 3.29. The highest BCUT2D eigenvalue weighted by Crippen LogP contribution is 2.41. The molecule has 0 aromatic heterocycles. The topological polar surface area (TPSA) is 24.4 Å². The van der Waals surface area contributed by atoms with Crippen LogP contribution in [0.15, 0.2) is 21.6 Å². The zero-order chi connectivity index (χ0) is 15.0. The minimum atomic E-state index is -0.243. The summed E-state index contributed by atoms with van der Waals surface area (Å²) in [5.41, 5.74) is 1.95. The number of anilines is 1. The molecule has 0 amide bonds. The van der Waals surface area contributed by atoms with Gasteiger partial charge in [-0.1, -0.05) is 18.7 Å². The molecule has 0 radical (unpaired) electrons. The molecule has 2 aliphatic rings. The van der Waals surface area contributed by atoms with Crippen LogP contribution < -0.4 is 5.32 Å². The van der Waals surface area contributed by atoms with Crippen LogP contribution in [0.4, 0.5) is 10.1 Å². The van der Waals surface area contributed by atoms with Crippen LogP contribution in [-0.4, -0.2) is 16.5 Å². The molecule has 0 atom stereocenters. The Hall–Kier alpha value is -0.550. The molecule has 114 valence electrons. The van der Waals surface area contributed by atoms with E-state index in [-0.39, 0.29) is 11.4 Å². The molecule has 1 aliphatic carbocycles. The number of halogens is 2. The Morgan fingerprint density at radius 1 is 1.38 bits per heavy atom. The number of aryl methyl sites for hydroxylation is 1. The highest BCUT2D eigenvalue weighted by molar-refractivity contribution is 9.10. The SMILES string of the molecule is Cc1cc(Br)c(F)cc1NC1=NC2(CCC(C)CC2)CS1. The summed E-state index contributed by atoms with van der Waals surface area (Å²) < 4.78 is 14.2. The summed E-state index contributed by atoms with van der Waals surface area (Å²) in [5, 5.41) is 4.25. The van der Waals surface area contributed by atoms with E-state index >= 15 is 0 Å². The molecule has 21 heavy (non-hydrogen) atoms. The van der Waals surface area contributed by atoms with Crippen molar-refractivity contribution >= 4 is 38.5 Å². The highest BCUT2D eigenvalue weighted by atomic mass is 79.9. The Balaban J connectivity index is 1.76.